The van der Waals surface area contributed by atoms with Gasteiger partial charge < -0.3 is 10.4 Å². The van der Waals surface area contributed by atoms with Gasteiger partial charge in [-0.25, -0.2) is 0 Å². The van der Waals surface area contributed by atoms with Crippen molar-refractivity contribution in [1.29, 1.82) is 0 Å². The summed E-state index contributed by atoms with van der Waals surface area (Å²) in [6.07, 6.45) is 3.14. The highest BCUT2D eigenvalue weighted by Gasteiger charge is 2.63. The molecule has 2 bridgehead atoms. The van der Waals surface area contributed by atoms with Crippen LogP contribution in [0.5, 0.6) is 0 Å². The van der Waals surface area contributed by atoms with Gasteiger partial charge in [-0.15, -0.1) is 0 Å². The van der Waals surface area contributed by atoms with Gasteiger partial charge in [0.25, 0.3) is 0 Å². The molecular weight excluding hydrogens is 398 g/mol. The molecule has 0 spiro atoms. The molecule has 0 saturated heterocycles. The molecule has 0 heterocycles. The second-order valence-corrected chi connectivity index (χ2v) is 10.2. The lowest BCUT2D eigenvalue weighted by molar-refractivity contribution is -0.118. The molecule has 0 aliphatic heterocycles. The summed E-state index contributed by atoms with van der Waals surface area (Å²) in [5, 5.41) is 13.6. The summed E-state index contributed by atoms with van der Waals surface area (Å²) in [4.78, 5) is 12.4. The summed E-state index contributed by atoms with van der Waals surface area (Å²) >= 11 is 5.23. The molecule has 2 aliphatic carbocycles. The minimum absolute atomic E-state index is 0.0320. The number of halogens is 1. The van der Waals surface area contributed by atoms with E-state index in [2.05, 4.69) is 35.1 Å². The highest BCUT2D eigenvalue weighted by atomic mass is 79.9. The van der Waals surface area contributed by atoms with Crippen LogP contribution in [0, 0.1) is 22.7 Å². The number of hydrogen-bond donors (Lipinski definition) is 2. The molecule has 0 aromatic heterocycles. The lowest BCUT2D eigenvalue weighted by Gasteiger charge is -2.40. The number of hydrogen-bond acceptors (Lipinski definition) is 3. The Bertz CT molecular complexity index is 633. The zero-order valence-corrected chi connectivity index (χ0v) is 17.6. The van der Waals surface area contributed by atoms with Crippen LogP contribution in [0.15, 0.2) is 28.7 Å². The van der Waals surface area contributed by atoms with E-state index in [4.69, 9.17) is 0 Å². The molecule has 2 saturated carbocycles. The van der Waals surface area contributed by atoms with Crippen molar-refractivity contribution in [2.45, 2.75) is 46.1 Å². The summed E-state index contributed by atoms with van der Waals surface area (Å²) in [7, 11) is 0. The van der Waals surface area contributed by atoms with Crippen molar-refractivity contribution in [3.63, 3.8) is 0 Å². The second-order valence-electron chi connectivity index (χ2n) is 8.28. The predicted octanol–water partition coefficient (Wildman–Crippen LogP) is 4.94. The van der Waals surface area contributed by atoms with E-state index in [9.17, 15) is 9.90 Å². The van der Waals surface area contributed by atoms with Crippen molar-refractivity contribution < 1.29 is 9.90 Å². The van der Waals surface area contributed by atoms with Gasteiger partial charge in [0.05, 0.1) is 6.10 Å². The number of anilines is 1. The van der Waals surface area contributed by atoms with Gasteiger partial charge in [-0.05, 0) is 54.9 Å². The third-order valence-electron chi connectivity index (χ3n) is 6.68. The molecule has 3 nitrogen and oxygen atoms in total. The van der Waals surface area contributed by atoms with Crippen LogP contribution in [0.25, 0.3) is 0 Å². The Labute approximate surface area is 163 Å². The molecular formula is C20H28BrNO2S. The third kappa shape index (κ3) is 3.52. The molecule has 1 aromatic rings. The Morgan fingerprint density at radius 1 is 1.40 bits per heavy atom. The number of fused-ring (bicyclic) bond motifs is 2. The number of thioether (sulfide) groups is 1. The third-order valence-corrected chi connectivity index (χ3v) is 8.66. The number of carbonyl (C=O) groups excluding carboxylic acids is 1. The van der Waals surface area contributed by atoms with Gasteiger partial charge in [0.15, 0.2) is 0 Å². The van der Waals surface area contributed by atoms with Crippen LogP contribution in [0.2, 0.25) is 0 Å². The number of benzene rings is 1. The number of amides is 1. The van der Waals surface area contributed by atoms with E-state index in [0.717, 1.165) is 34.5 Å². The van der Waals surface area contributed by atoms with E-state index >= 15 is 0 Å². The van der Waals surface area contributed by atoms with Gasteiger partial charge in [0.2, 0.25) is 5.91 Å². The van der Waals surface area contributed by atoms with Crippen LogP contribution in [0.3, 0.4) is 0 Å². The largest absolute Gasteiger partial charge is 0.392 e. The van der Waals surface area contributed by atoms with Crippen molar-refractivity contribution in [3.8, 4) is 0 Å². The minimum Gasteiger partial charge on any atom is -0.392 e. The van der Waals surface area contributed by atoms with E-state index in [1.54, 1.807) is 0 Å². The zero-order valence-electron chi connectivity index (χ0n) is 15.2. The maximum atomic E-state index is 12.4. The fourth-order valence-corrected chi connectivity index (χ4v) is 6.63. The first-order valence-corrected chi connectivity index (χ1v) is 11.0. The molecule has 138 valence electrons. The predicted molar refractivity (Wildman–Crippen MR) is 109 cm³/mol. The van der Waals surface area contributed by atoms with E-state index in [1.807, 2.05) is 43.0 Å². The summed E-state index contributed by atoms with van der Waals surface area (Å²) in [6.45, 7) is 6.63. The molecule has 3 rings (SSSR count). The number of carbonyl (C=O) groups is 1. The van der Waals surface area contributed by atoms with Crippen LogP contribution >= 0.6 is 27.7 Å². The summed E-state index contributed by atoms with van der Waals surface area (Å²) in [6, 6.07) is 7.65. The van der Waals surface area contributed by atoms with Gasteiger partial charge in [-0.1, -0.05) is 36.7 Å². The van der Waals surface area contributed by atoms with Crippen LogP contribution in [-0.2, 0) is 4.79 Å². The monoisotopic (exact) mass is 425 g/mol. The molecule has 4 atom stereocenters. The molecule has 3 unspecified atom stereocenters. The first-order chi connectivity index (χ1) is 11.8. The van der Waals surface area contributed by atoms with Crippen molar-refractivity contribution in [2.75, 3.05) is 16.8 Å². The van der Waals surface area contributed by atoms with E-state index in [0.29, 0.717) is 5.92 Å². The van der Waals surface area contributed by atoms with Crippen LogP contribution in [-0.4, -0.2) is 28.6 Å². The summed E-state index contributed by atoms with van der Waals surface area (Å²) in [5.41, 5.74) is 1.07. The van der Waals surface area contributed by atoms with Crippen molar-refractivity contribution in [3.05, 3.63) is 28.7 Å². The number of aliphatic hydroxyl groups excluding tert-OH is 1. The van der Waals surface area contributed by atoms with Crippen molar-refractivity contribution in [2.24, 2.45) is 22.7 Å². The van der Waals surface area contributed by atoms with Crippen molar-refractivity contribution in [1.82, 2.24) is 0 Å². The number of nitrogens with one attached hydrogen (secondary N) is 1. The van der Waals surface area contributed by atoms with Crippen molar-refractivity contribution >= 4 is 39.3 Å². The zero-order chi connectivity index (χ0) is 18.2. The van der Waals surface area contributed by atoms with Crippen LogP contribution in [0.4, 0.5) is 5.69 Å². The Morgan fingerprint density at radius 2 is 2.08 bits per heavy atom. The summed E-state index contributed by atoms with van der Waals surface area (Å²) in [5.74, 6) is 2.40. The Kier molecular flexibility index (Phi) is 5.57. The van der Waals surface area contributed by atoms with Crippen LogP contribution < -0.4 is 5.32 Å². The quantitative estimate of drug-likeness (QED) is 0.677. The molecule has 1 aromatic carbocycles. The minimum atomic E-state index is -0.180. The Morgan fingerprint density at radius 3 is 2.64 bits per heavy atom. The average molecular weight is 426 g/mol. The molecule has 2 aliphatic rings. The standard InChI is InChI=1S/C20H28BrNO2S/c1-13(18(24)22-16-6-4-15(21)5-7-16)11-25-12-20-9-8-14(10-17(20)23)19(20,2)3/h4-7,13-14,17,23H,8-12H2,1-3H3,(H,22,24)/t13-,14?,17?,20?/m0/s1. The van der Waals surface area contributed by atoms with Gasteiger partial charge >= 0.3 is 0 Å². The lowest BCUT2D eigenvalue weighted by Crippen LogP contribution is -2.41. The van der Waals surface area contributed by atoms with Gasteiger partial charge in [0.1, 0.15) is 0 Å². The fourth-order valence-electron chi connectivity index (χ4n) is 4.67. The molecule has 25 heavy (non-hydrogen) atoms. The Hall–Kier alpha value is -0.520. The summed E-state index contributed by atoms with van der Waals surface area (Å²) < 4.78 is 1.00. The number of aliphatic hydroxyl groups is 1. The fraction of sp³-hybridized carbons (Fsp3) is 0.650. The first-order valence-electron chi connectivity index (χ1n) is 9.08. The maximum Gasteiger partial charge on any atom is 0.228 e. The van der Waals surface area contributed by atoms with E-state index in [1.165, 1.54) is 6.42 Å². The van der Waals surface area contributed by atoms with E-state index in [-0.39, 0.29) is 28.8 Å². The van der Waals surface area contributed by atoms with Gasteiger partial charge in [-0.3, -0.25) is 4.79 Å². The average Bonchev–Trinajstić information content (AvgIpc) is 2.91. The number of rotatable bonds is 6. The molecule has 2 fully saturated rings. The lowest BCUT2D eigenvalue weighted by atomic mass is 9.70. The Balaban J connectivity index is 1.51. The highest BCUT2D eigenvalue weighted by molar-refractivity contribution is 9.10. The molecule has 0 radical (unpaired) electrons. The molecule has 1 amide bonds. The topological polar surface area (TPSA) is 49.3 Å². The van der Waals surface area contributed by atoms with Gasteiger partial charge in [-0.2, -0.15) is 11.8 Å². The molecule has 2 N–H and O–H groups in total. The first kappa shape index (κ1) is 19.2. The SMILES string of the molecule is C[C@@H](CSCC12CCC(CC1O)C2(C)C)C(=O)Nc1ccc(Br)cc1. The maximum absolute atomic E-state index is 12.4. The van der Waals surface area contributed by atoms with Gasteiger partial charge in [0, 0.05) is 33.0 Å². The second kappa shape index (κ2) is 7.24. The van der Waals surface area contributed by atoms with E-state index < -0.39 is 0 Å². The smallest absolute Gasteiger partial charge is 0.228 e. The molecule has 5 heteroatoms. The highest BCUT2D eigenvalue weighted by Crippen LogP contribution is 2.66. The normalized spacial score (nSPS) is 31.1. The van der Waals surface area contributed by atoms with Crippen LogP contribution in [0.1, 0.15) is 40.0 Å².